The van der Waals surface area contributed by atoms with Gasteiger partial charge in [0.05, 0.1) is 6.04 Å². The maximum absolute atomic E-state index is 12.2. The van der Waals surface area contributed by atoms with Crippen molar-refractivity contribution < 1.29 is 9.53 Å². The van der Waals surface area contributed by atoms with Gasteiger partial charge in [-0.05, 0) is 42.0 Å². The fraction of sp³-hybridized carbons (Fsp3) is 0.381. The van der Waals surface area contributed by atoms with Crippen molar-refractivity contribution in [2.24, 2.45) is 0 Å². The van der Waals surface area contributed by atoms with Crippen LogP contribution in [0.1, 0.15) is 56.3 Å². The molecule has 0 radical (unpaired) electrons. The molecule has 1 N–H and O–H groups in total. The SMILES string of the molecule is CCc1ccc([C@@H](C)NC(=O)COc2ccccc2C(C)C)cc1. The third kappa shape index (κ3) is 4.85. The van der Waals surface area contributed by atoms with E-state index in [-0.39, 0.29) is 18.6 Å². The van der Waals surface area contributed by atoms with Crippen molar-refractivity contribution in [1.29, 1.82) is 0 Å². The van der Waals surface area contributed by atoms with E-state index < -0.39 is 0 Å². The normalized spacial score (nSPS) is 12.0. The average molecular weight is 325 g/mol. The van der Waals surface area contributed by atoms with E-state index in [2.05, 4.69) is 50.4 Å². The van der Waals surface area contributed by atoms with Crippen molar-refractivity contribution in [3.8, 4) is 5.75 Å². The molecule has 0 spiro atoms. The first-order valence-electron chi connectivity index (χ1n) is 8.61. The number of carbonyl (C=O) groups is 1. The summed E-state index contributed by atoms with van der Waals surface area (Å²) in [6, 6.07) is 16.2. The van der Waals surface area contributed by atoms with Crippen LogP contribution in [0.2, 0.25) is 0 Å². The highest BCUT2D eigenvalue weighted by molar-refractivity contribution is 5.78. The molecule has 0 heterocycles. The Morgan fingerprint density at radius 3 is 2.33 bits per heavy atom. The van der Waals surface area contributed by atoms with Gasteiger partial charge in [-0.2, -0.15) is 0 Å². The van der Waals surface area contributed by atoms with Crippen LogP contribution in [0.25, 0.3) is 0 Å². The molecule has 128 valence electrons. The Hall–Kier alpha value is -2.29. The maximum atomic E-state index is 12.2. The first kappa shape index (κ1) is 18.1. The molecule has 0 fully saturated rings. The molecule has 2 rings (SSSR count). The number of aryl methyl sites for hydroxylation is 1. The number of carbonyl (C=O) groups excluding carboxylic acids is 1. The van der Waals surface area contributed by atoms with Crippen LogP contribution in [-0.2, 0) is 11.2 Å². The molecular weight excluding hydrogens is 298 g/mol. The highest BCUT2D eigenvalue weighted by Gasteiger charge is 2.12. The lowest BCUT2D eigenvalue weighted by Gasteiger charge is -2.17. The van der Waals surface area contributed by atoms with Gasteiger partial charge in [0, 0.05) is 0 Å². The largest absolute Gasteiger partial charge is 0.483 e. The molecule has 2 aromatic rings. The molecule has 0 saturated carbocycles. The highest BCUT2D eigenvalue weighted by atomic mass is 16.5. The Bertz CT molecular complexity index is 662. The number of benzene rings is 2. The first-order valence-corrected chi connectivity index (χ1v) is 8.61. The van der Waals surface area contributed by atoms with Crippen molar-refractivity contribution >= 4 is 5.91 Å². The van der Waals surface area contributed by atoms with Crippen molar-refractivity contribution in [3.05, 3.63) is 65.2 Å². The fourth-order valence-electron chi connectivity index (χ4n) is 2.64. The fourth-order valence-corrected chi connectivity index (χ4v) is 2.64. The summed E-state index contributed by atoms with van der Waals surface area (Å²) in [5.74, 6) is 1.03. The Morgan fingerprint density at radius 1 is 1.04 bits per heavy atom. The van der Waals surface area contributed by atoms with E-state index >= 15 is 0 Å². The van der Waals surface area contributed by atoms with Gasteiger partial charge in [0.1, 0.15) is 5.75 Å². The minimum Gasteiger partial charge on any atom is -0.483 e. The van der Waals surface area contributed by atoms with Gasteiger partial charge < -0.3 is 10.1 Å². The van der Waals surface area contributed by atoms with Crippen LogP contribution in [0.3, 0.4) is 0 Å². The molecule has 3 nitrogen and oxygen atoms in total. The molecule has 0 aliphatic rings. The third-order valence-corrected chi connectivity index (χ3v) is 4.17. The van der Waals surface area contributed by atoms with E-state index in [1.165, 1.54) is 5.56 Å². The lowest BCUT2D eigenvalue weighted by Crippen LogP contribution is -2.31. The molecule has 1 amide bonds. The zero-order valence-electron chi connectivity index (χ0n) is 15.0. The summed E-state index contributed by atoms with van der Waals surface area (Å²) in [6.45, 7) is 8.38. The van der Waals surface area contributed by atoms with Gasteiger partial charge in [0.2, 0.25) is 0 Å². The number of ether oxygens (including phenoxy) is 1. The second-order valence-corrected chi connectivity index (χ2v) is 6.37. The van der Waals surface area contributed by atoms with Gasteiger partial charge in [-0.1, -0.05) is 63.2 Å². The van der Waals surface area contributed by atoms with Crippen LogP contribution in [0.4, 0.5) is 0 Å². The van der Waals surface area contributed by atoms with Crippen LogP contribution < -0.4 is 10.1 Å². The summed E-state index contributed by atoms with van der Waals surface area (Å²) in [5.41, 5.74) is 3.52. The van der Waals surface area contributed by atoms with Crippen LogP contribution in [0.5, 0.6) is 5.75 Å². The zero-order chi connectivity index (χ0) is 17.5. The summed E-state index contributed by atoms with van der Waals surface area (Å²) in [4.78, 5) is 12.2. The second-order valence-electron chi connectivity index (χ2n) is 6.37. The van der Waals surface area contributed by atoms with Gasteiger partial charge in [-0.15, -0.1) is 0 Å². The third-order valence-electron chi connectivity index (χ3n) is 4.17. The van der Waals surface area contributed by atoms with Crippen molar-refractivity contribution in [1.82, 2.24) is 5.32 Å². The second kappa shape index (κ2) is 8.53. The van der Waals surface area contributed by atoms with Gasteiger partial charge in [-0.25, -0.2) is 0 Å². The minimum absolute atomic E-state index is 0.0289. The maximum Gasteiger partial charge on any atom is 0.258 e. The molecule has 0 saturated heterocycles. The summed E-state index contributed by atoms with van der Waals surface area (Å²) in [7, 11) is 0. The summed E-state index contributed by atoms with van der Waals surface area (Å²) >= 11 is 0. The topological polar surface area (TPSA) is 38.3 Å². The molecular formula is C21H27NO2. The van der Waals surface area contributed by atoms with Crippen LogP contribution in [-0.4, -0.2) is 12.5 Å². The van der Waals surface area contributed by atoms with E-state index in [0.717, 1.165) is 23.3 Å². The zero-order valence-corrected chi connectivity index (χ0v) is 15.0. The number of nitrogens with one attached hydrogen (secondary N) is 1. The standard InChI is InChI=1S/C21H27NO2/c1-5-17-10-12-18(13-11-17)16(4)22-21(23)14-24-20-9-7-6-8-19(20)15(2)3/h6-13,15-16H,5,14H2,1-4H3,(H,22,23)/t16-/m1/s1. The Kier molecular flexibility index (Phi) is 6.42. The number of rotatable bonds is 7. The summed E-state index contributed by atoms with van der Waals surface area (Å²) in [6.07, 6.45) is 1.02. The number of amides is 1. The summed E-state index contributed by atoms with van der Waals surface area (Å²) < 4.78 is 5.72. The van der Waals surface area contributed by atoms with E-state index in [0.29, 0.717) is 5.92 Å². The van der Waals surface area contributed by atoms with Crippen LogP contribution in [0.15, 0.2) is 48.5 Å². The minimum atomic E-state index is -0.111. The van der Waals surface area contributed by atoms with Crippen molar-refractivity contribution in [2.45, 2.75) is 46.1 Å². The molecule has 3 heteroatoms. The van der Waals surface area contributed by atoms with Gasteiger partial charge in [-0.3, -0.25) is 4.79 Å². The summed E-state index contributed by atoms with van der Waals surface area (Å²) in [5, 5.41) is 2.99. The monoisotopic (exact) mass is 325 g/mol. The predicted octanol–water partition coefficient (Wildman–Crippen LogP) is 4.63. The Balaban J connectivity index is 1.91. The Labute approximate surface area is 145 Å². The number of para-hydroxylation sites is 1. The van der Waals surface area contributed by atoms with Gasteiger partial charge in [0.15, 0.2) is 6.61 Å². The predicted molar refractivity (Wildman–Crippen MR) is 98.4 cm³/mol. The van der Waals surface area contributed by atoms with E-state index in [9.17, 15) is 4.79 Å². The molecule has 0 aliphatic heterocycles. The molecule has 1 atom stereocenters. The first-order chi connectivity index (χ1) is 11.5. The highest BCUT2D eigenvalue weighted by Crippen LogP contribution is 2.25. The lowest BCUT2D eigenvalue weighted by molar-refractivity contribution is -0.123. The molecule has 0 bridgehead atoms. The molecule has 2 aromatic carbocycles. The van der Waals surface area contributed by atoms with Crippen molar-refractivity contribution in [2.75, 3.05) is 6.61 Å². The van der Waals surface area contributed by atoms with E-state index in [4.69, 9.17) is 4.74 Å². The van der Waals surface area contributed by atoms with Crippen LogP contribution >= 0.6 is 0 Å². The van der Waals surface area contributed by atoms with Gasteiger partial charge >= 0.3 is 0 Å². The average Bonchev–Trinajstić information content (AvgIpc) is 2.60. The molecule has 0 unspecified atom stereocenters. The molecule has 0 aliphatic carbocycles. The van der Waals surface area contributed by atoms with E-state index in [1.807, 2.05) is 31.2 Å². The van der Waals surface area contributed by atoms with E-state index in [1.54, 1.807) is 0 Å². The lowest BCUT2D eigenvalue weighted by atomic mass is 10.0. The van der Waals surface area contributed by atoms with Crippen LogP contribution in [0, 0.1) is 0 Å². The molecule has 24 heavy (non-hydrogen) atoms. The molecule has 0 aromatic heterocycles. The van der Waals surface area contributed by atoms with Gasteiger partial charge in [0.25, 0.3) is 5.91 Å². The quantitative estimate of drug-likeness (QED) is 0.806. The number of hydrogen-bond donors (Lipinski definition) is 1. The Morgan fingerprint density at radius 2 is 1.71 bits per heavy atom. The van der Waals surface area contributed by atoms with Crippen molar-refractivity contribution in [3.63, 3.8) is 0 Å². The smallest absolute Gasteiger partial charge is 0.258 e. The number of hydrogen-bond acceptors (Lipinski definition) is 2.